The van der Waals surface area contributed by atoms with Gasteiger partial charge in [0.25, 0.3) is 0 Å². The predicted octanol–water partition coefficient (Wildman–Crippen LogP) is 3.52. The number of benzene rings is 1. The van der Waals surface area contributed by atoms with E-state index in [1.54, 1.807) is 0 Å². The Morgan fingerprint density at radius 1 is 1.18 bits per heavy atom. The molecule has 3 heteroatoms. The van der Waals surface area contributed by atoms with Gasteiger partial charge in [0, 0.05) is 6.54 Å². The van der Waals surface area contributed by atoms with Crippen LogP contribution in [0.2, 0.25) is 0 Å². The Balaban J connectivity index is 0.00000256. The van der Waals surface area contributed by atoms with Gasteiger partial charge >= 0.3 is 0 Å². The maximum absolute atomic E-state index is 5.64. The first-order chi connectivity index (χ1) is 7.67. The smallest absolute Gasteiger partial charge is 0.122 e. The number of nitrogens with zero attached hydrogens (tertiary/aromatic N) is 1. The van der Waals surface area contributed by atoms with E-state index in [2.05, 4.69) is 44.1 Å². The van der Waals surface area contributed by atoms with Gasteiger partial charge in [-0.05, 0) is 44.6 Å². The van der Waals surface area contributed by atoms with E-state index in [0.29, 0.717) is 0 Å². The molecule has 0 aromatic heterocycles. The largest absolute Gasteiger partial charge is 0.494 e. The van der Waals surface area contributed by atoms with E-state index >= 15 is 0 Å². The lowest BCUT2D eigenvalue weighted by Crippen LogP contribution is -2.11. The number of aryl methyl sites for hydroxylation is 1. The zero-order valence-corrected chi connectivity index (χ0v) is 12.1. The van der Waals surface area contributed by atoms with Crippen LogP contribution in [0.4, 0.5) is 0 Å². The van der Waals surface area contributed by atoms with Crippen molar-refractivity contribution in [2.75, 3.05) is 20.7 Å². The SMILES string of the molecule is CCCc1cc(CN(C)C)ccc1OCC.Cl. The minimum absolute atomic E-state index is 0. The van der Waals surface area contributed by atoms with Crippen LogP contribution in [0.1, 0.15) is 31.4 Å². The van der Waals surface area contributed by atoms with Gasteiger partial charge in [0.2, 0.25) is 0 Å². The van der Waals surface area contributed by atoms with Gasteiger partial charge in [-0.2, -0.15) is 0 Å². The van der Waals surface area contributed by atoms with Crippen LogP contribution in [-0.4, -0.2) is 25.6 Å². The normalized spacial score (nSPS) is 10.2. The fourth-order valence-corrected chi connectivity index (χ4v) is 1.86. The molecule has 0 aliphatic carbocycles. The number of halogens is 1. The van der Waals surface area contributed by atoms with Crippen molar-refractivity contribution in [2.45, 2.75) is 33.2 Å². The molecule has 0 heterocycles. The highest BCUT2D eigenvalue weighted by Crippen LogP contribution is 2.22. The molecular weight excluding hydrogens is 234 g/mol. The molecule has 0 spiro atoms. The molecule has 2 nitrogen and oxygen atoms in total. The van der Waals surface area contributed by atoms with E-state index in [-0.39, 0.29) is 12.4 Å². The Labute approximate surface area is 111 Å². The Hall–Kier alpha value is -0.730. The molecule has 0 atom stereocenters. The lowest BCUT2D eigenvalue weighted by molar-refractivity contribution is 0.335. The maximum atomic E-state index is 5.64. The fraction of sp³-hybridized carbons (Fsp3) is 0.571. The van der Waals surface area contributed by atoms with E-state index in [1.165, 1.54) is 11.1 Å². The summed E-state index contributed by atoms with van der Waals surface area (Å²) in [5.74, 6) is 1.05. The van der Waals surface area contributed by atoms with Gasteiger partial charge in [0.05, 0.1) is 6.61 Å². The molecule has 0 unspecified atom stereocenters. The first kappa shape index (κ1) is 16.3. The standard InChI is InChI=1S/C14H23NO.ClH/c1-5-7-13-10-12(11-15(3)4)8-9-14(13)16-6-2;/h8-10H,5-7,11H2,1-4H3;1H. The summed E-state index contributed by atoms with van der Waals surface area (Å²) in [4.78, 5) is 2.19. The predicted molar refractivity (Wildman–Crippen MR) is 76.2 cm³/mol. The van der Waals surface area contributed by atoms with Crippen LogP contribution in [0.15, 0.2) is 18.2 Å². The van der Waals surface area contributed by atoms with Crippen LogP contribution in [0.3, 0.4) is 0 Å². The molecule has 0 fully saturated rings. The van der Waals surface area contributed by atoms with E-state index in [9.17, 15) is 0 Å². The molecule has 17 heavy (non-hydrogen) atoms. The number of ether oxygens (including phenoxy) is 1. The van der Waals surface area contributed by atoms with Crippen molar-refractivity contribution >= 4 is 12.4 Å². The summed E-state index contributed by atoms with van der Waals surface area (Å²) in [6, 6.07) is 6.53. The van der Waals surface area contributed by atoms with E-state index < -0.39 is 0 Å². The molecule has 1 rings (SSSR count). The Kier molecular flexibility index (Phi) is 8.01. The third kappa shape index (κ3) is 5.42. The average Bonchev–Trinajstić information content (AvgIpc) is 2.21. The fourth-order valence-electron chi connectivity index (χ4n) is 1.86. The summed E-state index contributed by atoms with van der Waals surface area (Å²) in [5, 5.41) is 0. The van der Waals surface area contributed by atoms with E-state index in [1.807, 2.05) is 6.92 Å². The molecule has 0 saturated carbocycles. The summed E-state index contributed by atoms with van der Waals surface area (Å²) in [5.41, 5.74) is 2.70. The number of hydrogen-bond donors (Lipinski definition) is 0. The van der Waals surface area contributed by atoms with Crippen LogP contribution in [-0.2, 0) is 13.0 Å². The summed E-state index contributed by atoms with van der Waals surface area (Å²) in [7, 11) is 4.19. The van der Waals surface area contributed by atoms with Crippen molar-refractivity contribution < 1.29 is 4.74 Å². The molecule has 0 amide bonds. The van der Waals surface area contributed by atoms with Crippen LogP contribution < -0.4 is 4.74 Å². The van der Waals surface area contributed by atoms with Gasteiger partial charge in [-0.15, -0.1) is 12.4 Å². The highest BCUT2D eigenvalue weighted by molar-refractivity contribution is 5.85. The average molecular weight is 258 g/mol. The summed E-state index contributed by atoms with van der Waals surface area (Å²) < 4.78 is 5.64. The molecule has 1 aromatic carbocycles. The molecule has 0 radical (unpaired) electrons. The van der Waals surface area contributed by atoms with Crippen LogP contribution in [0.5, 0.6) is 5.75 Å². The third-order valence-electron chi connectivity index (χ3n) is 2.44. The number of hydrogen-bond acceptors (Lipinski definition) is 2. The Morgan fingerprint density at radius 3 is 2.41 bits per heavy atom. The van der Waals surface area contributed by atoms with Crippen molar-refractivity contribution in [1.82, 2.24) is 4.90 Å². The first-order valence-electron chi connectivity index (χ1n) is 6.06. The quantitative estimate of drug-likeness (QED) is 0.773. The molecule has 0 aliphatic rings. The molecule has 0 aliphatic heterocycles. The minimum Gasteiger partial charge on any atom is -0.494 e. The maximum Gasteiger partial charge on any atom is 0.122 e. The lowest BCUT2D eigenvalue weighted by Gasteiger charge is -2.14. The van der Waals surface area contributed by atoms with Crippen molar-refractivity contribution in [2.24, 2.45) is 0 Å². The van der Waals surface area contributed by atoms with E-state index in [4.69, 9.17) is 4.74 Å². The van der Waals surface area contributed by atoms with E-state index in [0.717, 1.165) is 31.7 Å². The third-order valence-corrected chi connectivity index (χ3v) is 2.44. The Morgan fingerprint density at radius 2 is 1.88 bits per heavy atom. The first-order valence-corrected chi connectivity index (χ1v) is 6.06. The zero-order chi connectivity index (χ0) is 12.0. The summed E-state index contributed by atoms with van der Waals surface area (Å²) >= 11 is 0. The van der Waals surface area contributed by atoms with Gasteiger partial charge in [-0.1, -0.05) is 25.5 Å². The minimum atomic E-state index is 0. The van der Waals surface area contributed by atoms with Crippen LogP contribution in [0, 0.1) is 0 Å². The van der Waals surface area contributed by atoms with Gasteiger partial charge in [-0.25, -0.2) is 0 Å². The zero-order valence-electron chi connectivity index (χ0n) is 11.3. The highest BCUT2D eigenvalue weighted by atomic mass is 35.5. The summed E-state index contributed by atoms with van der Waals surface area (Å²) in [6.45, 7) is 5.96. The van der Waals surface area contributed by atoms with Crippen molar-refractivity contribution in [3.63, 3.8) is 0 Å². The van der Waals surface area contributed by atoms with Gasteiger partial charge in [0.1, 0.15) is 5.75 Å². The number of rotatable bonds is 6. The van der Waals surface area contributed by atoms with Crippen molar-refractivity contribution in [1.29, 1.82) is 0 Å². The van der Waals surface area contributed by atoms with Crippen LogP contribution in [0.25, 0.3) is 0 Å². The molecule has 0 saturated heterocycles. The molecule has 0 bridgehead atoms. The Bertz CT molecular complexity index is 326. The molecule has 1 aromatic rings. The van der Waals surface area contributed by atoms with Crippen molar-refractivity contribution in [3.8, 4) is 5.75 Å². The highest BCUT2D eigenvalue weighted by Gasteiger charge is 2.04. The van der Waals surface area contributed by atoms with Gasteiger partial charge in [0.15, 0.2) is 0 Å². The monoisotopic (exact) mass is 257 g/mol. The lowest BCUT2D eigenvalue weighted by atomic mass is 10.1. The topological polar surface area (TPSA) is 12.5 Å². The second-order valence-electron chi connectivity index (χ2n) is 4.36. The summed E-state index contributed by atoms with van der Waals surface area (Å²) in [6.07, 6.45) is 2.25. The molecular formula is C14H24ClNO. The molecule has 0 N–H and O–H groups in total. The van der Waals surface area contributed by atoms with Gasteiger partial charge in [-0.3, -0.25) is 0 Å². The molecule has 98 valence electrons. The van der Waals surface area contributed by atoms with Crippen molar-refractivity contribution in [3.05, 3.63) is 29.3 Å². The second-order valence-corrected chi connectivity index (χ2v) is 4.36. The van der Waals surface area contributed by atoms with Gasteiger partial charge < -0.3 is 9.64 Å². The second kappa shape index (κ2) is 8.37. The van der Waals surface area contributed by atoms with Crippen LogP contribution >= 0.6 is 12.4 Å².